The van der Waals surface area contributed by atoms with Crippen LogP contribution >= 0.6 is 11.6 Å². The summed E-state index contributed by atoms with van der Waals surface area (Å²) in [6.45, 7) is 6.94. The summed E-state index contributed by atoms with van der Waals surface area (Å²) in [5.74, 6) is 0. The number of anilines is 1. The molecule has 0 spiro atoms. The minimum atomic E-state index is -4.03. The lowest BCUT2D eigenvalue weighted by Crippen LogP contribution is -2.40. The number of hydrogen-bond donors (Lipinski definition) is 0. The molecule has 0 radical (unpaired) electrons. The second-order valence-corrected chi connectivity index (χ2v) is 11.3. The largest absolute Gasteiger partial charge is 0.443 e. The van der Waals surface area contributed by atoms with Crippen LogP contribution in [0.4, 0.5) is 10.5 Å². The first kappa shape index (κ1) is 26.3. The zero-order valence-electron chi connectivity index (χ0n) is 20.2. The summed E-state index contributed by atoms with van der Waals surface area (Å²) in [4.78, 5) is 12.9. The molecule has 1 atom stereocenters. The summed E-state index contributed by atoms with van der Waals surface area (Å²) in [6, 6.07) is 14.2. The van der Waals surface area contributed by atoms with E-state index in [0.29, 0.717) is 26.7 Å². The molecule has 2 aromatic carbocycles. The van der Waals surface area contributed by atoms with Crippen molar-refractivity contribution in [3.63, 3.8) is 0 Å². The number of nitrogens with zero attached hydrogens (tertiary/aromatic N) is 4. The van der Waals surface area contributed by atoms with Crippen molar-refractivity contribution in [1.82, 2.24) is 9.78 Å². The van der Waals surface area contributed by atoms with Gasteiger partial charge >= 0.3 is 6.09 Å². The SMILES string of the molecule is CCC(/C=C\C#N)(c1ccc(Cl)cc1)n1ncc2c(N(C(=O)OC(C)(C)C)S(C)(=O)=O)cccc21. The zero-order valence-corrected chi connectivity index (χ0v) is 21.8. The molecule has 3 rings (SSSR count). The molecular weight excluding hydrogens is 488 g/mol. The third-order valence-corrected chi connectivity index (χ3v) is 6.66. The number of fused-ring (bicyclic) bond motifs is 1. The highest BCUT2D eigenvalue weighted by Crippen LogP contribution is 2.38. The Labute approximate surface area is 210 Å². The molecule has 3 aromatic rings. The van der Waals surface area contributed by atoms with E-state index in [1.807, 2.05) is 25.1 Å². The van der Waals surface area contributed by atoms with Gasteiger partial charge in [0.05, 0.1) is 29.7 Å². The van der Waals surface area contributed by atoms with Gasteiger partial charge in [-0.2, -0.15) is 14.7 Å². The monoisotopic (exact) mass is 514 g/mol. The van der Waals surface area contributed by atoms with Gasteiger partial charge in [0.1, 0.15) is 11.1 Å². The highest BCUT2D eigenvalue weighted by molar-refractivity contribution is 7.92. The van der Waals surface area contributed by atoms with E-state index in [-0.39, 0.29) is 5.69 Å². The molecule has 1 amide bonds. The topological polar surface area (TPSA) is 105 Å². The number of nitriles is 1. The van der Waals surface area contributed by atoms with Crippen LogP contribution in [0, 0.1) is 11.3 Å². The number of aromatic nitrogens is 2. The van der Waals surface area contributed by atoms with Crippen LogP contribution in [-0.4, -0.2) is 36.1 Å². The fourth-order valence-corrected chi connectivity index (χ4v) is 4.87. The molecule has 8 nitrogen and oxygen atoms in total. The molecule has 0 bridgehead atoms. The average Bonchev–Trinajstić information content (AvgIpc) is 3.19. The lowest BCUT2D eigenvalue weighted by Gasteiger charge is -2.32. The standard InChI is InChI=1S/C25H27ClN4O4S/c1-6-25(15-8-16-27,18-11-13-19(26)14-12-18)30-22-10-7-9-21(20(22)17-28-30)29(35(5,32)33)23(31)34-24(2,3)4/h7-15,17H,6H2,1-5H3/b15-8-. The Morgan fingerprint density at radius 2 is 1.89 bits per heavy atom. The van der Waals surface area contributed by atoms with Crippen molar-refractivity contribution in [2.75, 3.05) is 10.6 Å². The lowest BCUT2D eigenvalue weighted by atomic mass is 9.86. The third-order valence-electron chi connectivity index (χ3n) is 5.40. The van der Waals surface area contributed by atoms with Crippen molar-refractivity contribution in [2.24, 2.45) is 0 Å². The summed E-state index contributed by atoms with van der Waals surface area (Å²) in [7, 11) is -4.03. The quantitative estimate of drug-likeness (QED) is 0.395. The van der Waals surface area contributed by atoms with Crippen molar-refractivity contribution >= 4 is 44.3 Å². The lowest BCUT2D eigenvalue weighted by molar-refractivity contribution is 0.0609. The van der Waals surface area contributed by atoms with Gasteiger partial charge < -0.3 is 4.74 Å². The van der Waals surface area contributed by atoms with E-state index in [2.05, 4.69) is 5.10 Å². The van der Waals surface area contributed by atoms with Crippen LogP contribution in [0.1, 0.15) is 39.7 Å². The van der Waals surface area contributed by atoms with Gasteiger partial charge in [-0.3, -0.25) is 4.68 Å². The molecule has 0 fully saturated rings. The first-order valence-corrected chi connectivity index (χ1v) is 13.1. The first-order chi connectivity index (χ1) is 16.3. The number of allylic oxidation sites excluding steroid dienone is 2. The fraction of sp³-hybridized carbons (Fsp3) is 0.320. The van der Waals surface area contributed by atoms with Gasteiger partial charge in [-0.25, -0.2) is 13.2 Å². The van der Waals surface area contributed by atoms with Crippen LogP contribution in [0.25, 0.3) is 10.9 Å². The second kappa shape index (κ2) is 9.72. The Kier molecular flexibility index (Phi) is 7.29. The number of rotatable bonds is 6. The van der Waals surface area contributed by atoms with Crippen LogP contribution in [0.3, 0.4) is 0 Å². The Balaban J connectivity index is 2.30. The van der Waals surface area contributed by atoms with Gasteiger partial charge in [0.2, 0.25) is 10.0 Å². The maximum Gasteiger partial charge on any atom is 0.428 e. The summed E-state index contributed by atoms with van der Waals surface area (Å²) in [5, 5.41) is 14.9. The highest BCUT2D eigenvalue weighted by Gasteiger charge is 2.35. The number of amides is 1. The van der Waals surface area contributed by atoms with Gasteiger partial charge in [-0.1, -0.05) is 36.7 Å². The maximum absolute atomic E-state index is 12.9. The predicted octanol–water partition coefficient (Wildman–Crippen LogP) is 5.62. The van der Waals surface area contributed by atoms with Gasteiger partial charge in [-0.15, -0.1) is 0 Å². The third kappa shape index (κ3) is 5.34. The number of ether oxygens (including phenoxy) is 1. The molecule has 35 heavy (non-hydrogen) atoms. The smallest absolute Gasteiger partial charge is 0.428 e. The number of hydrogen-bond acceptors (Lipinski definition) is 6. The van der Waals surface area contributed by atoms with E-state index in [1.54, 1.807) is 55.8 Å². The second-order valence-electron chi connectivity index (χ2n) is 9.02. The normalized spacial score (nSPS) is 14.0. The summed E-state index contributed by atoms with van der Waals surface area (Å²) >= 11 is 6.10. The molecular formula is C25H27ClN4O4S. The van der Waals surface area contributed by atoms with E-state index in [0.717, 1.165) is 11.8 Å². The molecule has 0 aliphatic rings. The van der Waals surface area contributed by atoms with Crippen LogP contribution < -0.4 is 4.31 Å². The van der Waals surface area contributed by atoms with E-state index < -0.39 is 27.3 Å². The van der Waals surface area contributed by atoms with E-state index in [4.69, 9.17) is 16.3 Å². The van der Waals surface area contributed by atoms with Crippen molar-refractivity contribution in [3.8, 4) is 6.07 Å². The average molecular weight is 515 g/mol. The minimum Gasteiger partial charge on any atom is -0.443 e. The van der Waals surface area contributed by atoms with Gasteiger partial charge in [-0.05, 0) is 63.1 Å². The predicted molar refractivity (Wildman–Crippen MR) is 137 cm³/mol. The molecule has 1 heterocycles. The van der Waals surface area contributed by atoms with Crippen molar-refractivity contribution in [1.29, 1.82) is 5.26 Å². The summed E-state index contributed by atoms with van der Waals surface area (Å²) in [5.41, 5.74) is -0.248. The van der Waals surface area contributed by atoms with Gasteiger partial charge in [0.15, 0.2) is 0 Å². The Morgan fingerprint density at radius 1 is 1.23 bits per heavy atom. The number of sulfonamides is 1. The Morgan fingerprint density at radius 3 is 2.43 bits per heavy atom. The maximum atomic E-state index is 12.9. The molecule has 0 saturated carbocycles. The highest BCUT2D eigenvalue weighted by atomic mass is 35.5. The van der Waals surface area contributed by atoms with Gasteiger partial charge in [0, 0.05) is 16.5 Å². The number of carbonyl (C=O) groups excluding carboxylic acids is 1. The van der Waals surface area contributed by atoms with Gasteiger partial charge in [0.25, 0.3) is 0 Å². The van der Waals surface area contributed by atoms with E-state index in [9.17, 15) is 18.5 Å². The van der Waals surface area contributed by atoms with Crippen LogP contribution in [0.15, 0.2) is 60.8 Å². The Bertz CT molecular complexity index is 1420. The first-order valence-electron chi connectivity index (χ1n) is 10.9. The molecule has 0 N–H and O–H groups in total. The molecule has 0 aliphatic heterocycles. The van der Waals surface area contributed by atoms with Crippen molar-refractivity contribution in [3.05, 3.63) is 71.4 Å². The number of carbonyl (C=O) groups is 1. The van der Waals surface area contributed by atoms with Crippen LogP contribution in [-0.2, 0) is 20.3 Å². The summed E-state index contributed by atoms with van der Waals surface area (Å²) < 4.78 is 33.1. The van der Waals surface area contributed by atoms with Crippen molar-refractivity contribution in [2.45, 2.75) is 45.3 Å². The Hall–Kier alpha value is -3.35. The molecule has 1 unspecified atom stereocenters. The molecule has 1 aromatic heterocycles. The minimum absolute atomic E-state index is 0.121. The molecule has 0 saturated heterocycles. The molecule has 10 heteroatoms. The number of halogens is 1. The summed E-state index contributed by atoms with van der Waals surface area (Å²) in [6.07, 6.45) is 5.10. The van der Waals surface area contributed by atoms with E-state index in [1.165, 1.54) is 18.3 Å². The molecule has 0 aliphatic carbocycles. The number of benzene rings is 2. The van der Waals surface area contributed by atoms with Crippen LogP contribution in [0.5, 0.6) is 0 Å². The van der Waals surface area contributed by atoms with Crippen molar-refractivity contribution < 1.29 is 17.9 Å². The fourth-order valence-electron chi connectivity index (χ4n) is 3.92. The zero-order chi connectivity index (χ0) is 26.0. The molecule has 184 valence electrons. The van der Waals surface area contributed by atoms with E-state index >= 15 is 0 Å². The van der Waals surface area contributed by atoms with Crippen LogP contribution in [0.2, 0.25) is 5.02 Å².